The fourth-order valence-electron chi connectivity index (χ4n) is 5.26. The van der Waals surface area contributed by atoms with E-state index in [0.717, 1.165) is 60.3 Å². The van der Waals surface area contributed by atoms with E-state index in [9.17, 15) is 14.7 Å². The Bertz CT molecular complexity index is 1120. The topological polar surface area (TPSA) is 85.2 Å². The summed E-state index contributed by atoms with van der Waals surface area (Å²) in [7, 11) is 0. The number of carbonyl (C=O) groups excluding carboxylic acids is 2. The molecule has 0 aromatic heterocycles. The highest BCUT2D eigenvalue weighted by Crippen LogP contribution is 2.36. The molecular formula is C28H35BrN4O3. The Labute approximate surface area is 222 Å². The number of halogens is 1. The number of aliphatic hydroxyl groups is 1. The van der Waals surface area contributed by atoms with E-state index < -0.39 is 0 Å². The van der Waals surface area contributed by atoms with Gasteiger partial charge in [-0.1, -0.05) is 44.2 Å². The predicted octanol–water partition coefficient (Wildman–Crippen LogP) is 4.65. The van der Waals surface area contributed by atoms with Gasteiger partial charge in [-0.15, -0.1) is 0 Å². The molecule has 2 atom stereocenters. The minimum Gasteiger partial charge on any atom is -0.395 e. The van der Waals surface area contributed by atoms with Crippen LogP contribution in [0, 0.1) is 11.8 Å². The zero-order chi connectivity index (χ0) is 25.7. The number of piperidine rings is 1. The van der Waals surface area contributed by atoms with Crippen molar-refractivity contribution in [3.05, 3.63) is 53.1 Å². The first-order chi connectivity index (χ1) is 17.5. The Morgan fingerprint density at radius 3 is 2.75 bits per heavy atom. The van der Waals surface area contributed by atoms with Gasteiger partial charge in [-0.3, -0.25) is 9.59 Å². The largest absolute Gasteiger partial charge is 0.395 e. The molecule has 2 amide bonds. The first-order valence-corrected chi connectivity index (χ1v) is 13.6. The number of anilines is 1. The summed E-state index contributed by atoms with van der Waals surface area (Å²) in [5.41, 5.74) is 4.71. The minimum absolute atomic E-state index is 0.00720. The number of β-amino-alcohol motifs (C(OH)–C–C–N with tert-alkyl or cyclic N) is 1. The van der Waals surface area contributed by atoms with Crippen LogP contribution in [0.4, 0.5) is 5.69 Å². The number of rotatable bonds is 8. The van der Waals surface area contributed by atoms with Gasteiger partial charge in [0.1, 0.15) is 5.84 Å². The Balaban J connectivity index is 1.60. The number of likely N-dealkylation sites (tertiary alicyclic amines) is 1. The molecule has 36 heavy (non-hydrogen) atoms. The number of allylic oxidation sites excluding steroid dienone is 3. The summed E-state index contributed by atoms with van der Waals surface area (Å²) in [4.78, 5) is 29.8. The number of carbonyl (C=O) groups is 2. The summed E-state index contributed by atoms with van der Waals surface area (Å²) in [5, 5.41) is 12.6. The van der Waals surface area contributed by atoms with Crippen LogP contribution in [0.2, 0.25) is 0 Å². The van der Waals surface area contributed by atoms with Gasteiger partial charge in [-0.05, 0) is 54.0 Å². The average molecular weight is 556 g/mol. The normalized spacial score (nSPS) is 22.3. The predicted molar refractivity (Wildman–Crippen MR) is 149 cm³/mol. The maximum absolute atomic E-state index is 13.3. The van der Waals surface area contributed by atoms with Crippen LogP contribution in [0.5, 0.6) is 0 Å². The molecule has 1 fully saturated rings. The molecule has 0 spiro atoms. The quantitative estimate of drug-likeness (QED) is 0.489. The van der Waals surface area contributed by atoms with Gasteiger partial charge in [0, 0.05) is 43.9 Å². The Kier molecular flexibility index (Phi) is 8.80. The fourth-order valence-corrected chi connectivity index (χ4v) is 5.48. The monoisotopic (exact) mass is 554 g/mol. The van der Waals surface area contributed by atoms with E-state index in [2.05, 4.69) is 57.5 Å². The molecule has 2 unspecified atom stereocenters. The molecule has 1 aromatic carbocycles. The summed E-state index contributed by atoms with van der Waals surface area (Å²) in [6, 6.07) is 6.21. The SMILES string of the molecule is CCCN(CCC)C(=O)C1=Cc2ccc(C3=CC4CCN(CCO)C(=O)C4C=C3)cc2N/C(=N\Br)C1. The molecule has 192 valence electrons. The van der Waals surface area contributed by atoms with Crippen molar-refractivity contribution in [2.24, 2.45) is 15.9 Å². The Hall–Kier alpha value is -2.71. The number of hydrogen-bond donors (Lipinski definition) is 2. The minimum atomic E-state index is -0.161. The van der Waals surface area contributed by atoms with Crippen LogP contribution < -0.4 is 5.32 Å². The van der Waals surface area contributed by atoms with E-state index in [1.165, 1.54) is 0 Å². The molecular weight excluding hydrogens is 520 g/mol. The smallest absolute Gasteiger partial charge is 0.250 e. The van der Waals surface area contributed by atoms with Gasteiger partial charge in [0.15, 0.2) is 0 Å². The van der Waals surface area contributed by atoms with E-state index in [1.807, 2.05) is 29.2 Å². The van der Waals surface area contributed by atoms with Crippen molar-refractivity contribution < 1.29 is 14.7 Å². The third kappa shape index (κ3) is 5.65. The van der Waals surface area contributed by atoms with Crippen molar-refractivity contribution in [2.75, 3.05) is 38.1 Å². The number of hydrogen-bond acceptors (Lipinski definition) is 4. The van der Waals surface area contributed by atoms with Crippen molar-refractivity contribution in [2.45, 2.75) is 39.5 Å². The van der Waals surface area contributed by atoms with Crippen LogP contribution in [-0.4, -0.2) is 65.3 Å². The molecule has 7 nitrogen and oxygen atoms in total. The van der Waals surface area contributed by atoms with Gasteiger partial charge in [-0.2, -0.15) is 4.02 Å². The summed E-state index contributed by atoms with van der Waals surface area (Å²) in [5.74, 6) is 0.842. The molecule has 2 N–H and O–H groups in total. The lowest BCUT2D eigenvalue weighted by Gasteiger charge is -2.37. The molecule has 0 radical (unpaired) electrons. The van der Waals surface area contributed by atoms with E-state index >= 15 is 0 Å². The number of amidine groups is 1. The summed E-state index contributed by atoms with van der Waals surface area (Å²) < 4.78 is 4.23. The number of nitrogens with one attached hydrogen (secondary N) is 1. The van der Waals surface area contributed by atoms with Crippen LogP contribution in [0.1, 0.15) is 50.7 Å². The van der Waals surface area contributed by atoms with E-state index in [-0.39, 0.29) is 30.3 Å². The molecule has 0 bridgehead atoms. The van der Waals surface area contributed by atoms with Gasteiger partial charge in [0.2, 0.25) is 11.8 Å². The van der Waals surface area contributed by atoms with Crippen LogP contribution in [0.25, 0.3) is 11.6 Å². The lowest BCUT2D eigenvalue weighted by atomic mass is 9.79. The van der Waals surface area contributed by atoms with Crippen LogP contribution in [-0.2, 0) is 9.59 Å². The zero-order valence-electron chi connectivity index (χ0n) is 21.0. The van der Waals surface area contributed by atoms with E-state index in [4.69, 9.17) is 0 Å². The Morgan fingerprint density at radius 2 is 2.06 bits per heavy atom. The van der Waals surface area contributed by atoms with Crippen molar-refractivity contribution in [3.63, 3.8) is 0 Å². The number of benzene rings is 1. The van der Waals surface area contributed by atoms with Gasteiger partial charge >= 0.3 is 0 Å². The molecule has 2 aliphatic heterocycles. The summed E-state index contributed by atoms with van der Waals surface area (Å²) in [6.07, 6.45) is 11.4. The average Bonchev–Trinajstić information content (AvgIpc) is 3.08. The Morgan fingerprint density at radius 1 is 1.28 bits per heavy atom. The number of aliphatic hydroxyl groups excluding tert-OH is 1. The van der Waals surface area contributed by atoms with Gasteiger partial charge in [-0.25, -0.2) is 0 Å². The van der Waals surface area contributed by atoms with Gasteiger partial charge in [0.25, 0.3) is 0 Å². The van der Waals surface area contributed by atoms with Gasteiger partial charge < -0.3 is 20.2 Å². The fraction of sp³-hybridized carbons (Fsp3) is 0.464. The summed E-state index contributed by atoms with van der Waals surface area (Å²) >= 11 is 3.23. The molecule has 1 aliphatic carbocycles. The second-order valence-corrected chi connectivity index (χ2v) is 9.96. The highest BCUT2D eigenvalue weighted by atomic mass is 79.9. The standard InChI is InChI=1S/C28H35BrN4O3/c1-3-10-32(11-4-2)27(35)23-16-22-6-5-20(17-25(22)30-26(18-23)31-29)19-7-8-24-21(15-19)9-12-33(13-14-34)28(24)36/h5-8,15-17,21,24,34H,3-4,9-14,18H2,1-2H3,(H,30,31). The maximum atomic E-state index is 13.3. The third-order valence-corrected chi connectivity index (χ3v) is 7.47. The first kappa shape index (κ1) is 26.4. The second-order valence-electron chi connectivity index (χ2n) is 9.61. The van der Waals surface area contributed by atoms with Crippen molar-refractivity contribution in [1.82, 2.24) is 9.80 Å². The number of fused-ring (bicyclic) bond motifs is 2. The van der Waals surface area contributed by atoms with Crippen molar-refractivity contribution >= 4 is 51.1 Å². The van der Waals surface area contributed by atoms with Crippen LogP contribution in [0.15, 0.2) is 46.0 Å². The van der Waals surface area contributed by atoms with Gasteiger partial charge in [0.05, 0.1) is 28.7 Å². The van der Waals surface area contributed by atoms with Crippen molar-refractivity contribution in [1.29, 1.82) is 0 Å². The zero-order valence-corrected chi connectivity index (χ0v) is 22.6. The first-order valence-electron chi connectivity index (χ1n) is 12.9. The molecule has 8 heteroatoms. The number of nitrogens with zero attached hydrogens (tertiary/aromatic N) is 3. The highest BCUT2D eigenvalue weighted by Gasteiger charge is 2.35. The molecule has 1 saturated heterocycles. The highest BCUT2D eigenvalue weighted by molar-refractivity contribution is 9.08. The molecule has 1 aromatic rings. The van der Waals surface area contributed by atoms with Crippen LogP contribution >= 0.6 is 16.1 Å². The molecule has 3 aliphatic rings. The maximum Gasteiger partial charge on any atom is 0.250 e. The number of amides is 2. The van der Waals surface area contributed by atoms with Crippen LogP contribution in [0.3, 0.4) is 0 Å². The second kappa shape index (κ2) is 12.0. The molecule has 0 saturated carbocycles. The van der Waals surface area contributed by atoms with Crippen molar-refractivity contribution in [3.8, 4) is 0 Å². The lowest BCUT2D eigenvalue weighted by molar-refractivity contribution is -0.138. The third-order valence-electron chi connectivity index (χ3n) is 7.04. The summed E-state index contributed by atoms with van der Waals surface area (Å²) in [6.45, 7) is 6.72. The molecule has 2 heterocycles. The lowest BCUT2D eigenvalue weighted by Crippen LogP contribution is -2.46. The molecule has 4 rings (SSSR count). The van der Waals surface area contributed by atoms with E-state index in [1.54, 1.807) is 4.90 Å². The van der Waals surface area contributed by atoms with E-state index in [0.29, 0.717) is 25.3 Å².